The van der Waals surface area contributed by atoms with Crippen LogP contribution in [0.4, 0.5) is 0 Å². The molecule has 0 aromatic heterocycles. The van der Waals surface area contributed by atoms with E-state index >= 15 is 0 Å². The highest BCUT2D eigenvalue weighted by Gasteiger charge is 2.00. The van der Waals surface area contributed by atoms with Gasteiger partial charge in [0, 0.05) is 12.8 Å². The highest BCUT2D eigenvalue weighted by Crippen LogP contribution is 2.17. The summed E-state index contributed by atoms with van der Waals surface area (Å²) in [4.78, 5) is 20.8. The van der Waals surface area contributed by atoms with Gasteiger partial charge in [-0.3, -0.25) is 9.59 Å². The second kappa shape index (κ2) is 53.9. The lowest BCUT2D eigenvalue weighted by Gasteiger charge is -2.04. The zero-order chi connectivity index (χ0) is 41.1. The van der Waals surface area contributed by atoms with Crippen LogP contribution in [0, 0.1) is 0 Å². The van der Waals surface area contributed by atoms with Crippen LogP contribution in [0.25, 0.3) is 0 Å². The summed E-state index contributed by atoms with van der Waals surface area (Å²) < 4.78 is 0. The predicted octanol–water partition coefficient (Wildman–Crippen LogP) is 18.9. The molecule has 0 heterocycles. The molecular weight excluding hydrogens is 689 g/mol. The van der Waals surface area contributed by atoms with Crippen LogP contribution in [-0.2, 0) is 9.59 Å². The summed E-state index contributed by atoms with van der Waals surface area (Å²) in [6.45, 7) is 4.58. The molecule has 0 rings (SSSR count). The summed E-state index contributed by atoms with van der Waals surface area (Å²) in [5.41, 5.74) is 0. The normalized spacial score (nSPS) is 11.2. The first-order valence-electron chi connectivity index (χ1n) is 26.0. The van der Waals surface area contributed by atoms with Gasteiger partial charge in [0.25, 0.3) is 0 Å². The van der Waals surface area contributed by atoms with E-state index in [-0.39, 0.29) is 0 Å². The first-order chi connectivity index (χ1) is 27.5. The lowest BCUT2D eigenvalue weighted by molar-refractivity contribution is -0.138. The summed E-state index contributed by atoms with van der Waals surface area (Å²) in [6, 6.07) is 0. The Hall–Kier alpha value is -1.06. The van der Waals surface area contributed by atoms with Crippen LogP contribution in [0.15, 0.2) is 0 Å². The van der Waals surface area contributed by atoms with Gasteiger partial charge in [0.15, 0.2) is 0 Å². The molecule has 4 heteroatoms. The maximum absolute atomic E-state index is 10.4. The molecule has 0 aromatic carbocycles. The third-order valence-electron chi connectivity index (χ3n) is 12.0. The second-order valence-corrected chi connectivity index (χ2v) is 17.8. The van der Waals surface area contributed by atoms with Crippen molar-refractivity contribution in [3.8, 4) is 0 Å². The van der Waals surface area contributed by atoms with Crippen LogP contribution in [0.2, 0.25) is 0 Å². The summed E-state index contributed by atoms with van der Waals surface area (Å²) >= 11 is 0. The molecule has 0 bridgehead atoms. The maximum atomic E-state index is 10.4. The number of carboxylic acids is 2. The van der Waals surface area contributed by atoms with Gasteiger partial charge in [-0.15, -0.1) is 0 Å². The lowest BCUT2D eigenvalue weighted by atomic mass is 10.0. The lowest BCUT2D eigenvalue weighted by Crippen LogP contribution is -1.93. The van der Waals surface area contributed by atoms with Gasteiger partial charge in [-0.25, -0.2) is 0 Å². The minimum absolute atomic E-state index is 0.346. The van der Waals surface area contributed by atoms with Crippen molar-refractivity contribution in [2.75, 3.05) is 0 Å². The van der Waals surface area contributed by atoms with Gasteiger partial charge in [-0.05, 0) is 12.8 Å². The number of hydrogen-bond acceptors (Lipinski definition) is 2. The SMILES string of the molecule is CCCCCCCCCCCCCCCCCCCCCCCCCC(=O)O.CCCCCCCCCCCCCCCCCCCCCCCCCC(=O)O. The van der Waals surface area contributed by atoms with Gasteiger partial charge in [0.05, 0.1) is 0 Å². The quantitative estimate of drug-likeness (QED) is 0.0602. The van der Waals surface area contributed by atoms with E-state index in [1.54, 1.807) is 0 Å². The number of hydrogen-bond donors (Lipinski definition) is 2. The van der Waals surface area contributed by atoms with E-state index in [1.807, 2.05) is 0 Å². The van der Waals surface area contributed by atoms with E-state index in [4.69, 9.17) is 10.2 Å². The van der Waals surface area contributed by atoms with Crippen molar-refractivity contribution in [1.82, 2.24) is 0 Å². The molecule has 2 N–H and O–H groups in total. The molecule has 0 radical (unpaired) electrons. The van der Waals surface area contributed by atoms with Gasteiger partial charge in [0.1, 0.15) is 0 Å². The topological polar surface area (TPSA) is 74.6 Å². The molecular formula is C52H104O4. The third-order valence-corrected chi connectivity index (χ3v) is 12.0. The van der Waals surface area contributed by atoms with E-state index in [0.29, 0.717) is 12.8 Å². The van der Waals surface area contributed by atoms with Gasteiger partial charge >= 0.3 is 11.9 Å². The Morgan fingerprint density at radius 3 is 0.429 bits per heavy atom. The van der Waals surface area contributed by atoms with Gasteiger partial charge in [0.2, 0.25) is 0 Å². The number of rotatable bonds is 48. The van der Waals surface area contributed by atoms with Crippen molar-refractivity contribution in [2.45, 2.75) is 322 Å². The van der Waals surface area contributed by atoms with E-state index in [9.17, 15) is 9.59 Å². The molecule has 0 atom stereocenters. The Morgan fingerprint density at radius 1 is 0.214 bits per heavy atom. The van der Waals surface area contributed by atoms with Crippen molar-refractivity contribution < 1.29 is 19.8 Å². The summed E-state index contributed by atoms with van der Waals surface area (Å²) in [5, 5.41) is 17.2. The standard InChI is InChI=1S/2C26H52O2/c2*1-2-3-4-5-6-7-8-9-10-11-12-13-14-15-16-17-18-19-20-21-22-23-24-25-26(27)28/h2*2-25H2,1H3,(H,27,28). The number of carbonyl (C=O) groups is 2. The molecule has 0 saturated carbocycles. The number of unbranched alkanes of at least 4 members (excludes halogenated alkanes) is 44. The molecule has 0 aliphatic carbocycles. The third kappa shape index (κ3) is 59.6. The Bertz CT molecular complexity index is 662. The zero-order valence-corrected chi connectivity index (χ0v) is 38.7. The van der Waals surface area contributed by atoms with E-state index < -0.39 is 11.9 Å². The van der Waals surface area contributed by atoms with Crippen LogP contribution < -0.4 is 0 Å². The molecule has 0 spiro atoms. The highest BCUT2D eigenvalue weighted by atomic mass is 16.4. The molecule has 56 heavy (non-hydrogen) atoms. The number of carboxylic acid groups (broad SMARTS) is 2. The maximum Gasteiger partial charge on any atom is 0.303 e. The van der Waals surface area contributed by atoms with Crippen LogP contribution in [0.5, 0.6) is 0 Å². The van der Waals surface area contributed by atoms with Crippen LogP contribution in [0.3, 0.4) is 0 Å². The highest BCUT2D eigenvalue weighted by molar-refractivity contribution is 5.66. The molecule has 4 nitrogen and oxygen atoms in total. The molecule has 0 saturated heterocycles. The fraction of sp³-hybridized carbons (Fsp3) is 0.962. The largest absolute Gasteiger partial charge is 0.481 e. The summed E-state index contributed by atoms with van der Waals surface area (Å²) in [5.74, 6) is -1.30. The molecule has 0 amide bonds. The Balaban J connectivity index is 0. The van der Waals surface area contributed by atoms with Gasteiger partial charge in [-0.1, -0.05) is 296 Å². The molecule has 0 aliphatic rings. The fourth-order valence-corrected chi connectivity index (χ4v) is 8.12. The van der Waals surface area contributed by atoms with E-state index in [2.05, 4.69) is 13.8 Å². The summed E-state index contributed by atoms with van der Waals surface area (Å²) in [6.07, 6.45) is 64.0. The first kappa shape index (κ1) is 57.0. The van der Waals surface area contributed by atoms with Crippen molar-refractivity contribution in [3.63, 3.8) is 0 Å². The van der Waals surface area contributed by atoms with Gasteiger partial charge in [-0.2, -0.15) is 0 Å². The van der Waals surface area contributed by atoms with Crippen LogP contribution >= 0.6 is 0 Å². The molecule has 336 valence electrons. The minimum atomic E-state index is -0.650. The number of aliphatic carboxylic acids is 2. The Morgan fingerprint density at radius 2 is 0.321 bits per heavy atom. The minimum Gasteiger partial charge on any atom is -0.481 e. The molecule has 0 aromatic rings. The van der Waals surface area contributed by atoms with Crippen molar-refractivity contribution in [3.05, 3.63) is 0 Å². The zero-order valence-electron chi connectivity index (χ0n) is 38.7. The van der Waals surface area contributed by atoms with Crippen molar-refractivity contribution in [1.29, 1.82) is 0 Å². The molecule has 0 fully saturated rings. The Kier molecular flexibility index (Phi) is 54.9. The fourth-order valence-electron chi connectivity index (χ4n) is 8.12. The van der Waals surface area contributed by atoms with Crippen molar-refractivity contribution >= 4 is 11.9 Å². The molecule has 0 unspecified atom stereocenters. The first-order valence-corrected chi connectivity index (χ1v) is 26.0. The monoisotopic (exact) mass is 793 g/mol. The van der Waals surface area contributed by atoms with Crippen molar-refractivity contribution in [2.24, 2.45) is 0 Å². The van der Waals surface area contributed by atoms with E-state index in [0.717, 1.165) is 25.7 Å². The Labute approximate surface area is 352 Å². The smallest absolute Gasteiger partial charge is 0.303 e. The van der Waals surface area contributed by atoms with Crippen LogP contribution in [-0.4, -0.2) is 22.2 Å². The average molecular weight is 793 g/mol. The summed E-state index contributed by atoms with van der Waals surface area (Å²) in [7, 11) is 0. The predicted molar refractivity (Wildman–Crippen MR) is 248 cm³/mol. The van der Waals surface area contributed by atoms with Crippen LogP contribution in [0.1, 0.15) is 322 Å². The van der Waals surface area contributed by atoms with E-state index in [1.165, 1.54) is 270 Å². The average Bonchev–Trinajstić information content (AvgIpc) is 3.18. The molecule has 0 aliphatic heterocycles. The van der Waals surface area contributed by atoms with Gasteiger partial charge < -0.3 is 10.2 Å². The second-order valence-electron chi connectivity index (χ2n) is 17.8.